The largest absolute Gasteiger partial charge is 0.494 e. The van der Waals surface area contributed by atoms with Gasteiger partial charge in [0.15, 0.2) is 5.11 Å². The second kappa shape index (κ2) is 12.5. The molecule has 0 atom stereocenters. The van der Waals surface area contributed by atoms with Gasteiger partial charge in [0.05, 0.1) is 30.0 Å². The van der Waals surface area contributed by atoms with Crippen LogP contribution in [0.4, 0.5) is 11.4 Å². The lowest BCUT2D eigenvalue weighted by atomic mass is 10.1. The van der Waals surface area contributed by atoms with E-state index < -0.39 is 5.91 Å². The van der Waals surface area contributed by atoms with Crippen LogP contribution in [0.5, 0.6) is 11.5 Å². The SMILES string of the molecule is CCOc1ccc(NC(=O)c2ccccc2NC(=S)NC(=O)c2ccccc2OCC(C)C)cc1. The van der Waals surface area contributed by atoms with Crippen LogP contribution in [0.3, 0.4) is 0 Å². The first-order valence-electron chi connectivity index (χ1n) is 11.3. The van der Waals surface area contributed by atoms with Gasteiger partial charge in [0.2, 0.25) is 0 Å². The Balaban J connectivity index is 1.66. The van der Waals surface area contributed by atoms with E-state index in [2.05, 4.69) is 16.0 Å². The summed E-state index contributed by atoms with van der Waals surface area (Å²) in [5.41, 5.74) is 1.84. The standard InChI is InChI=1S/C27H29N3O4S/c1-4-33-20-15-13-19(14-16-20)28-25(31)21-9-5-7-11-23(21)29-27(35)30-26(32)22-10-6-8-12-24(22)34-17-18(2)3/h5-16,18H,4,17H2,1-3H3,(H,28,31)(H2,29,30,32,35). The highest BCUT2D eigenvalue weighted by atomic mass is 32.1. The van der Waals surface area contributed by atoms with Crippen LogP contribution in [0.1, 0.15) is 41.5 Å². The van der Waals surface area contributed by atoms with Crippen LogP contribution in [0.2, 0.25) is 0 Å². The lowest BCUT2D eigenvalue weighted by Gasteiger charge is -2.15. The number of thiocarbonyl (C=S) groups is 1. The summed E-state index contributed by atoms with van der Waals surface area (Å²) in [5, 5.41) is 8.54. The van der Waals surface area contributed by atoms with E-state index in [0.29, 0.717) is 47.4 Å². The topological polar surface area (TPSA) is 88.7 Å². The van der Waals surface area contributed by atoms with Crippen molar-refractivity contribution in [2.75, 3.05) is 23.8 Å². The van der Waals surface area contributed by atoms with Crippen molar-refractivity contribution in [2.24, 2.45) is 5.92 Å². The molecule has 2 amide bonds. The van der Waals surface area contributed by atoms with Gasteiger partial charge < -0.3 is 20.1 Å². The zero-order valence-corrected chi connectivity index (χ0v) is 20.8. The molecule has 0 aromatic heterocycles. The van der Waals surface area contributed by atoms with Crippen LogP contribution in [-0.4, -0.2) is 30.1 Å². The first kappa shape index (κ1) is 25.7. The van der Waals surface area contributed by atoms with Crippen LogP contribution in [0.25, 0.3) is 0 Å². The maximum atomic E-state index is 12.9. The molecule has 3 aromatic rings. The summed E-state index contributed by atoms with van der Waals surface area (Å²) >= 11 is 5.35. The number of carbonyl (C=O) groups excluding carboxylic acids is 2. The lowest BCUT2D eigenvalue weighted by Crippen LogP contribution is -2.35. The number of amides is 2. The third-order valence-electron chi connectivity index (χ3n) is 4.77. The first-order valence-corrected chi connectivity index (χ1v) is 11.8. The number of hydrogen-bond acceptors (Lipinski definition) is 5. The predicted octanol–water partition coefficient (Wildman–Crippen LogP) is 5.50. The summed E-state index contributed by atoms with van der Waals surface area (Å²) in [5.74, 6) is 0.803. The molecule has 0 radical (unpaired) electrons. The molecule has 0 aliphatic carbocycles. The van der Waals surface area contributed by atoms with E-state index in [9.17, 15) is 9.59 Å². The van der Waals surface area contributed by atoms with Crippen LogP contribution in [0, 0.1) is 5.92 Å². The quantitative estimate of drug-likeness (QED) is 0.343. The minimum Gasteiger partial charge on any atom is -0.494 e. The van der Waals surface area contributed by atoms with Gasteiger partial charge in [-0.1, -0.05) is 38.1 Å². The Bertz CT molecular complexity index is 1180. The van der Waals surface area contributed by atoms with E-state index in [4.69, 9.17) is 21.7 Å². The molecule has 0 aliphatic heterocycles. The maximum absolute atomic E-state index is 12.9. The van der Waals surface area contributed by atoms with E-state index >= 15 is 0 Å². The van der Waals surface area contributed by atoms with E-state index in [1.165, 1.54) is 0 Å². The molecule has 0 unspecified atom stereocenters. The smallest absolute Gasteiger partial charge is 0.261 e. The van der Waals surface area contributed by atoms with Gasteiger partial charge in [0, 0.05) is 5.69 Å². The van der Waals surface area contributed by atoms with Crippen LogP contribution >= 0.6 is 12.2 Å². The molecule has 0 saturated carbocycles. The van der Waals surface area contributed by atoms with E-state index in [0.717, 1.165) is 5.75 Å². The fraction of sp³-hybridized carbons (Fsp3) is 0.222. The number of ether oxygens (including phenoxy) is 2. The fourth-order valence-corrected chi connectivity index (χ4v) is 3.35. The lowest BCUT2D eigenvalue weighted by molar-refractivity contribution is 0.0972. The Hall–Kier alpha value is -3.91. The molecule has 0 heterocycles. The highest BCUT2D eigenvalue weighted by Crippen LogP contribution is 2.21. The summed E-state index contributed by atoms with van der Waals surface area (Å²) < 4.78 is 11.2. The zero-order valence-electron chi connectivity index (χ0n) is 20.0. The van der Waals surface area contributed by atoms with Gasteiger partial charge in [0.25, 0.3) is 11.8 Å². The summed E-state index contributed by atoms with van der Waals surface area (Å²) in [6.45, 7) is 7.03. The van der Waals surface area contributed by atoms with Crippen LogP contribution in [0.15, 0.2) is 72.8 Å². The third-order valence-corrected chi connectivity index (χ3v) is 4.98. The van der Waals surface area contributed by atoms with Gasteiger partial charge in [-0.3, -0.25) is 14.9 Å². The Morgan fingerprint density at radius 1 is 0.829 bits per heavy atom. The van der Waals surface area contributed by atoms with Gasteiger partial charge in [-0.2, -0.15) is 0 Å². The minimum atomic E-state index is -0.404. The van der Waals surface area contributed by atoms with Gasteiger partial charge in [0.1, 0.15) is 11.5 Å². The number of rotatable bonds is 9. The van der Waals surface area contributed by atoms with Crippen molar-refractivity contribution in [3.05, 3.63) is 83.9 Å². The summed E-state index contributed by atoms with van der Waals surface area (Å²) in [6.07, 6.45) is 0. The van der Waals surface area contributed by atoms with Crippen molar-refractivity contribution in [3.63, 3.8) is 0 Å². The van der Waals surface area contributed by atoms with E-state index in [-0.39, 0.29) is 11.0 Å². The predicted molar refractivity (Wildman–Crippen MR) is 142 cm³/mol. The Labute approximate surface area is 210 Å². The van der Waals surface area contributed by atoms with Gasteiger partial charge in [-0.25, -0.2) is 0 Å². The van der Waals surface area contributed by atoms with Gasteiger partial charge in [-0.05, 0) is 73.6 Å². The third kappa shape index (κ3) is 7.55. The molecular formula is C27H29N3O4S. The molecule has 3 N–H and O–H groups in total. The number of benzene rings is 3. The molecule has 0 bridgehead atoms. The molecule has 0 aliphatic rings. The summed E-state index contributed by atoms with van der Waals surface area (Å²) in [7, 11) is 0. The van der Waals surface area contributed by atoms with Gasteiger partial charge in [-0.15, -0.1) is 0 Å². The molecule has 3 rings (SSSR count). The normalized spacial score (nSPS) is 10.4. The maximum Gasteiger partial charge on any atom is 0.261 e. The Morgan fingerprint density at radius 2 is 1.49 bits per heavy atom. The minimum absolute atomic E-state index is 0.0648. The summed E-state index contributed by atoms with van der Waals surface area (Å²) in [6, 6.07) is 21.0. The van der Waals surface area contributed by atoms with Crippen LogP contribution < -0.4 is 25.4 Å². The number of nitrogens with one attached hydrogen (secondary N) is 3. The molecule has 35 heavy (non-hydrogen) atoms. The van der Waals surface area contributed by atoms with Crippen molar-refractivity contribution in [1.29, 1.82) is 0 Å². The Kier molecular flexibility index (Phi) is 9.20. The monoisotopic (exact) mass is 491 g/mol. The number of hydrogen-bond donors (Lipinski definition) is 3. The molecule has 0 spiro atoms. The van der Waals surface area contributed by atoms with Crippen molar-refractivity contribution >= 4 is 40.5 Å². The Morgan fingerprint density at radius 3 is 2.17 bits per heavy atom. The van der Waals surface area contributed by atoms with Crippen molar-refractivity contribution < 1.29 is 19.1 Å². The van der Waals surface area contributed by atoms with Crippen LogP contribution in [-0.2, 0) is 0 Å². The first-order chi connectivity index (χ1) is 16.9. The number of anilines is 2. The zero-order chi connectivity index (χ0) is 25.2. The van der Waals surface area contributed by atoms with Crippen molar-refractivity contribution in [2.45, 2.75) is 20.8 Å². The molecule has 7 nitrogen and oxygen atoms in total. The highest BCUT2D eigenvalue weighted by molar-refractivity contribution is 7.80. The molecule has 8 heteroatoms. The molecule has 0 saturated heterocycles. The van der Waals surface area contributed by atoms with E-state index in [1.54, 1.807) is 66.7 Å². The van der Waals surface area contributed by atoms with Crippen molar-refractivity contribution in [1.82, 2.24) is 5.32 Å². The van der Waals surface area contributed by atoms with Gasteiger partial charge >= 0.3 is 0 Å². The molecule has 0 fully saturated rings. The molecular weight excluding hydrogens is 462 g/mol. The average Bonchev–Trinajstić information content (AvgIpc) is 2.84. The number of para-hydroxylation sites is 2. The van der Waals surface area contributed by atoms with Crippen molar-refractivity contribution in [3.8, 4) is 11.5 Å². The summed E-state index contributed by atoms with van der Waals surface area (Å²) in [4.78, 5) is 25.7. The average molecular weight is 492 g/mol. The van der Waals surface area contributed by atoms with E-state index in [1.807, 2.05) is 26.8 Å². The second-order valence-electron chi connectivity index (χ2n) is 8.07. The number of carbonyl (C=O) groups is 2. The molecule has 182 valence electrons. The fourth-order valence-electron chi connectivity index (χ4n) is 3.15. The molecule has 3 aromatic carbocycles. The second-order valence-corrected chi connectivity index (χ2v) is 8.47. The highest BCUT2D eigenvalue weighted by Gasteiger charge is 2.16.